The number of ketones is 1. The number of methoxy groups -OCH3 is 2. The molecular weight excluding hydrogens is 366 g/mol. The molecule has 1 heterocycles. The van der Waals surface area contributed by atoms with Gasteiger partial charge >= 0.3 is 5.97 Å². The number of ether oxygens (including phenoxy) is 3. The largest absolute Gasteiger partial charge is 0.497 e. The minimum Gasteiger partial charge on any atom is -0.497 e. The zero-order valence-electron chi connectivity index (χ0n) is 12.5. The number of carbonyl (C=O) groups excluding carboxylic acids is 2. The standard InChI is InChI=1S/C16H14BrNO5/c1-21-12-3-4-15(22-2)13(6-12)14(19)9-23-16(20)10-5-11(17)8-18-7-10/h3-8H,9H2,1-2H3. The van der Waals surface area contributed by atoms with Gasteiger partial charge in [-0.2, -0.15) is 0 Å². The summed E-state index contributed by atoms with van der Waals surface area (Å²) in [7, 11) is 2.95. The number of hydrogen-bond donors (Lipinski definition) is 0. The molecule has 7 heteroatoms. The molecule has 6 nitrogen and oxygen atoms in total. The number of carbonyl (C=O) groups is 2. The average Bonchev–Trinajstić information content (AvgIpc) is 2.58. The zero-order chi connectivity index (χ0) is 16.8. The molecule has 0 atom stereocenters. The van der Waals surface area contributed by atoms with Gasteiger partial charge in [0.2, 0.25) is 5.78 Å². The third-order valence-corrected chi connectivity index (χ3v) is 3.42. The lowest BCUT2D eigenvalue weighted by atomic mass is 10.1. The first-order valence-corrected chi connectivity index (χ1v) is 7.37. The first-order valence-electron chi connectivity index (χ1n) is 6.58. The maximum absolute atomic E-state index is 12.3. The van der Waals surface area contributed by atoms with Crippen LogP contribution >= 0.6 is 15.9 Å². The normalized spacial score (nSPS) is 10.0. The van der Waals surface area contributed by atoms with Gasteiger partial charge < -0.3 is 14.2 Å². The van der Waals surface area contributed by atoms with Crippen molar-refractivity contribution in [3.63, 3.8) is 0 Å². The third kappa shape index (κ3) is 4.29. The van der Waals surface area contributed by atoms with Crippen molar-refractivity contribution in [3.05, 3.63) is 52.3 Å². The van der Waals surface area contributed by atoms with E-state index in [4.69, 9.17) is 14.2 Å². The highest BCUT2D eigenvalue weighted by Crippen LogP contribution is 2.24. The maximum atomic E-state index is 12.3. The minimum absolute atomic E-state index is 0.254. The van der Waals surface area contributed by atoms with Crippen LogP contribution in [0.3, 0.4) is 0 Å². The number of halogens is 1. The van der Waals surface area contributed by atoms with Crippen LogP contribution < -0.4 is 9.47 Å². The fourth-order valence-electron chi connectivity index (χ4n) is 1.85. The second-order valence-corrected chi connectivity index (χ2v) is 5.37. The highest BCUT2D eigenvalue weighted by molar-refractivity contribution is 9.10. The lowest BCUT2D eigenvalue weighted by Gasteiger charge is -2.10. The fourth-order valence-corrected chi connectivity index (χ4v) is 2.21. The van der Waals surface area contributed by atoms with Gasteiger partial charge in [-0.05, 0) is 40.2 Å². The molecule has 0 aliphatic rings. The number of nitrogens with zero attached hydrogens (tertiary/aromatic N) is 1. The molecule has 120 valence electrons. The first kappa shape index (κ1) is 17.0. The van der Waals surface area contributed by atoms with Crippen LogP contribution in [0.1, 0.15) is 20.7 Å². The minimum atomic E-state index is -0.631. The molecule has 0 amide bonds. The molecule has 23 heavy (non-hydrogen) atoms. The number of esters is 1. The van der Waals surface area contributed by atoms with Crippen molar-refractivity contribution >= 4 is 27.7 Å². The molecule has 0 unspecified atom stereocenters. The molecule has 0 saturated heterocycles. The van der Waals surface area contributed by atoms with Crippen LogP contribution in [0.5, 0.6) is 11.5 Å². The predicted octanol–water partition coefficient (Wildman–Crippen LogP) is 2.90. The van der Waals surface area contributed by atoms with Crippen LogP contribution in [-0.4, -0.2) is 37.6 Å². The Hall–Kier alpha value is -2.41. The Kier molecular flexibility index (Phi) is 5.70. The topological polar surface area (TPSA) is 74.7 Å². The molecule has 1 aromatic heterocycles. The molecule has 0 aliphatic carbocycles. The van der Waals surface area contributed by atoms with E-state index in [1.807, 2.05) is 0 Å². The number of pyridine rings is 1. The van der Waals surface area contributed by atoms with Gasteiger partial charge in [0.1, 0.15) is 11.5 Å². The van der Waals surface area contributed by atoms with Crippen LogP contribution in [-0.2, 0) is 4.74 Å². The van der Waals surface area contributed by atoms with Crippen molar-refractivity contribution in [2.24, 2.45) is 0 Å². The van der Waals surface area contributed by atoms with Gasteiger partial charge in [0.25, 0.3) is 0 Å². The summed E-state index contributed by atoms with van der Waals surface area (Å²) < 4.78 is 15.9. The summed E-state index contributed by atoms with van der Waals surface area (Å²) in [4.78, 5) is 28.0. The Morgan fingerprint density at radius 3 is 2.57 bits per heavy atom. The Morgan fingerprint density at radius 1 is 1.13 bits per heavy atom. The summed E-state index contributed by atoms with van der Waals surface area (Å²) in [6.07, 6.45) is 2.91. The summed E-state index contributed by atoms with van der Waals surface area (Å²) in [5, 5.41) is 0. The van der Waals surface area contributed by atoms with Gasteiger partial charge in [-0.3, -0.25) is 9.78 Å². The first-order chi connectivity index (χ1) is 11.0. The molecule has 0 fully saturated rings. The maximum Gasteiger partial charge on any atom is 0.340 e. The summed E-state index contributed by atoms with van der Waals surface area (Å²) in [5.74, 6) is -0.126. The number of aromatic nitrogens is 1. The van der Waals surface area contributed by atoms with Crippen molar-refractivity contribution in [2.45, 2.75) is 0 Å². The average molecular weight is 380 g/mol. The molecule has 0 radical (unpaired) electrons. The van der Waals surface area contributed by atoms with Gasteiger partial charge in [0, 0.05) is 16.9 Å². The molecular formula is C16H14BrNO5. The van der Waals surface area contributed by atoms with Crippen molar-refractivity contribution in [3.8, 4) is 11.5 Å². The molecule has 0 spiro atoms. The summed E-state index contributed by atoms with van der Waals surface area (Å²) >= 11 is 3.21. The fraction of sp³-hybridized carbons (Fsp3) is 0.188. The quantitative estimate of drug-likeness (QED) is 0.567. The second-order valence-electron chi connectivity index (χ2n) is 4.46. The Bertz CT molecular complexity index is 732. The molecule has 1 aromatic carbocycles. The molecule has 2 aromatic rings. The lowest BCUT2D eigenvalue weighted by Crippen LogP contribution is -2.15. The smallest absolute Gasteiger partial charge is 0.340 e. The summed E-state index contributed by atoms with van der Waals surface area (Å²) in [5.41, 5.74) is 0.539. The van der Waals surface area contributed by atoms with E-state index in [0.717, 1.165) is 0 Å². The van der Waals surface area contributed by atoms with E-state index >= 15 is 0 Å². The Morgan fingerprint density at radius 2 is 1.91 bits per heavy atom. The molecule has 0 bridgehead atoms. The molecule has 0 saturated carbocycles. The second kappa shape index (κ2) is 7.73. The van der Waals surface area contributed by atoms with Gasteiger partial charge in [0.05, 0.1) is 25.3 Å². The van der Waals surface area contributed by atoms with E-state index in [0.29, 0.717) is 16.0 Å². The summed E-state index contributed by atoms with van der Waals surface area (Å²) in [6, 6.07) is 6.39. The predicted molar refractivity (Wildman–Crippen MR) is 86.1 cm³/mol. The molecule has 2 rings (SSSR count). The SMILES string of the molecule is COc1ccc(OC)c(C(=O)COC(=O)c2cncc(Br)c2)c1. The van der Waals surface area contributed by atoms with E-state index in [2.05, 4.69) is 20.9 Å². The zero-order valence-corrected chi connectivity index (χ0v) is 14.1. The Balaban J connectivity index is 2.09. The monoisotopic (exact) mass is 379 g/mol. The van der Waals surface area contributed by atoms with Crippen molar-refractivity contribution < 1.29 is 23.8 Å². The van der Waals surface area contributed by atoms with Crippen LogP contribution in [0.4, 0.5) is 0 Å². The number of benzene rings is 1. The van der Waals surface area contributed by atoms with Crippen molar-refractivity contribution in [1.82, 2.24) is 4.98 Å². The highest BCUT2D eigenvalue weighted by atomic mass is 79.9. The van der Waals surface area contributed by atoms with Gasteiger partial charge in [-0.1, -0.05) is 0 Å². The van der Waals surface area contributed by atoms with Gasteiger partial charge in [0.15, 0.2) is 6.61 Å². The van der Waals surface area contributed by atoms with Gasteiger partial charge in [-0.15, -0.1) is 0 Å². The van der Waals surface area contributed by atoms with E-state index < -0.39 is 18.4 Å². The van der Waals surface area contributed by atoms with Crippen LogP contribution in [0.25, 0.3) is 0 Å². The lowest BCUT2D eigenvalue weighted by molar-refractivity contribution is 0.0473. The highest BCUT2D eigenvalue weighted by Gasteiger charge is 2.17. The summed E-state index contributed by atoms with van der Waals surface area (Å²) in [6.45, 7) is -0.408. The van der Waals surface area contributed by atoms with Crippen LogP contribution in [0.2, 0.25) is 0 Å². The molecule has 0 aliphatic heterocycles. The third-order valence-electron chi connectivity index (χ3n) is 2.98. The van der Waals surface area contributed by atoms with E-state index in [-0.39, 0.29) is 11.1 Å². The number of Topliss-reactive ketones (excluding diaryl/α,β-unsaturated/α-hetero) is 1. The van der Waals surface area contributed by atoms with E-state index in [1.165, 1.54) is 26.5 Å². The van der Waals surface area contributed by atoms with E-state index in [1.54, 1.807) is 24.4 Å². The van der Waals surface area contributed by atoms with Crippen LogP contribution in [0.15, 0.2) is 41.1 Å². The van der Waals surface area contributed by atoms with Gasteiger partial charge in [-0.25, -0.2) is 4.79 Å². The molecule has 0 N–H and O–H groups in total. The van der Waals surface area contributed by atoms with Crippen LogP contribution in [0, 0.1) is 0 Å². The number of hydrogen-bond acceptors (Lipinski definition) is 6. The van der Waals surface area contributed by atoms with Crippen molar-refractivity contribution in [1.29, 1.82) is 0 Å². The Labute approximate surface area is 141 Å². The van der Waals surface area contributed by atoms with E-state index in [9.17, 15) is 9.59 Å². The van der Waals surface area contributed by atoms with Crippen molar-refractivity contribution in [2.75, 3.05) is 20.8 Å². The number of rotatable bonds is 6.